The average molecular weight is 344 g/mol. The molecule has 0 saturated heterocycles. The number of halogens is 1. The van der Waals surface area contributed by atoms with Crippen LogP contribution in [0.1, 0.15) is 39.3 Å². The second-order valence-electron chi connectivity index (χ2n) is 6.91. The topological polar surface area (TPSA) is 93.5 Å². The lowest BCUT2D eigenvalue weighted by Gasteiger charge is -2.32. The second kappa shape index (κ2) is 6.03. The lowest BCUT2D eigenvalue weighted by atomic mass is 9.93. The van der Waals surface area contributed by atoms with E-state index in [0.717, 1.165) is 12.8 Å². The second-order valence-corrected chi connectivity index (χ2v) is 7.32. The Bertz CT molecular complexity index is 619. The van der Waals surface area contributed by atoms with Gasteiger partial charge in [-0.15, -0.1) is 0 Å². The number of nitrogens with zero attached hydrogens (tertiary/aromatic N) is 2. The van der Waals surface area contributed by atoms with Crippen LogP contribution in [0.4, 0.5) is 4.79 Å². The molecule has 0 aromatic carbocycles. The first-order valence-corrected chi connectivity index (χ1v) is 7.85. The van der Waals surface area contributed by atoms with Crippen molar-refractivity contribution >= 4 is 23.7 Å². The van der Waals surface area contributed by atoms with Gasteiger partial charge in [-0.25, -0.2) is 9.59 Å². The van der Waals surface area contributed by atoms with Crippen molar-refractivity contribution in [3.8, 4) is 0 Å². The number of hydrogen-bond donors (Lipinski definition) is 2. The van der Waals surface area contributed by atoms with Gasteiger partial charge in [0.2, 0.25) is 0 Å². The summed E-state index contributed by atoms with van der Waals surface area (Å²) in [6.07, 6.45) is 2.18. The number of carbonyl (C=O) groups is 2. The highest BCUT2D eigenvalue weighted by Gasteiger charge is 2.53. The highest BCUT2D eigenvalue weighted by atomic mass is 35.5. The summed E-state index contributed by atoms with van der Waals surface area (Å²) in [6, 6.07) is 0. The Labute approximate surface area is 139 Å². The van der Waals surface area contributed by atoms with E-state index in [0.29, 0.717) is 10.7 Å². The Morgan fingerprint density at radius 3 is 2.48 bits per heavy atom. The van der Waals surface area contributed by atoms with E-state index in [1.807, 2.05) is 0 Å². The third kappa shape index (κ3) is 3.96. The van der Waals surface area contributed by atoms with Crippen LogP contribution in [0.3, 0.4) is 0 Å². The molecule has 1 aliphatic carbocycles. The van der Waals surface area contributed by atoms with Gasteiger partial charge >= 0.3 is 12.1 Å². The fourth-order valence-electron chi connectivity index (χ4n) is 2.45. The van der Waals surface area contributed by atoms with E-state index in [-0.39, 0.29) is 12.5 Å². The number of carboxylic acids is 1. The molecule has 0 radical (unpaired) electrons. The quantitative estimate of drug-likeness (QED) is 0.857. The molecule has 7 nitrogen and oxygen atoms in total. The van der Waals surface area contributed by atoms with Crippen LogP contribution in [-0.2, 0) is 16.1 Å². The molecule has 23 heavy (non-hydrogen) atoms. The van der Waals surface area contributed by atoms with Crippen molar-refractivity contribution in [2.24, 2.45) is 5.92 Å². The standard InChI is InChI=1S/C15H22ClN3O4/c1-9-11(16)7-17-19(9)8-15(12(20)21,10-5-6-10)18-13(22)23-14(2,3)4/h7,10H,5-6,8H2,1-4H3,(H,18,22)(H,20,21). The molecule has 1 saturated carbocycles. The van der Waals surface area contributed by atoms with E-state index < -0.39 is 23.2 Å². The van der Waals surface area contributed by atoms with Gasteiger partial charge in [0.1, 0.15) is 5.60 Å². The molecule has 128 valence electrons. The summed E-state index contributed by atoms with van der Waals surface area (Å²) < 4.78 is 6.73. The molecule has 1 amide bonds. The predicted octanol–water partition coefficient (Wildman–Crippen LogP) is 2.60. The van der Waals surface area contributed by atoms with Crippen molar-refractivity contribution < 1.29 is 19.4 Å². The molecule has 1 heterocycles. The molecule has 0 aliphatic heterocycles. The number of hydrogen-bond acceptors (Lipinski definition) is 4. The molecule has 1 atom stereocenters. The van der Waals surface area contributed by atoms with Gasteiger partial charge in [0.25, 0.3) is 0 Å². The third-order valence-electron chi connectivity index (χ3n) is 3.82. The van der Waals surface area contributed by atoms with Gasteiger partial charge in [-0.2, -0.15) is 5.10 Å². The molecule has 1 aromatic heterocycles. The van der Waals surface area contributed by atoms with Crippen LogP contribution in [0.15, 0.2) is 6.20 Å². The number of carbonyl (C=O) groups excluding carboxylic acids is 1. The zero-order chi connectivity index (χ0) is 17.4. The normalized spacial score (nSPS) is 17.4. The maximum absolute atomic E-state index is 12.1. The summed E-state index contributed by atoms with van der Waals surface area (Å²) in [5.74, 6) is -1.26. The fraction of sp³-hybridized carbons (Fsp3) is 0.667. The smallest absolute Gasteiger partial charge is 0.408 e. The highest BCUT2D eigenvalue weighted by molar-refractivity contribution is 6.31. The number of aliphatic carboxylic acids is 1. The van der Waals surface area contributed by atoms with E-state index in [9.17, 15) is 14.7 Å². The number of alkyl carbamates (subject to hydrolysis) is 1. The molecule has 0 spiro atoms. The van der Waals surface area contributed by atoms with Crippen molar-refractivity contribution in [1.82, 2.24) is 15.1 Å². The van der Waals surface area contributed by atoms with Crippen LogP contribution in [0.25, 0.3) is 0 Å². The van der Waals surface area contributed by atoms with Gasteiger partial charge in [0, 0.05) is 0 Å². The largest absolute Gasteiger partial charge is 0.479 e. The minimum atomic E-state index is -1.46. The fourth-order valence-corrected chi connectivity index (χ4v) is 2.59. The molecule has 0 bridgehead atoms. The van der Waals surface area contributed by atoms with Gasteiger partial charge in [0.15, 0.2) is 5.54 Å². The van der Waals surface area contributed by atoms with Crippen LogP contribution < -0.4 is 5.32 Å². The van der Waals surface area contributed by atoms with Crippen molar-refractivity contribution in [2.75, 3.05) is 0 Å². The van der Waals surface area contributed by atoms with E-state index in [2.05, 4.69) is 10.4 Å². The Balaban J connectivity index is 2.27. The van der Waals surface area contributed by atoms with Crippen molar-refractivity contribution in [3.05, 3.63) is 16.9 Å². The Hall–Kier alpha value is -1.76. The molecule has 1 aliphatic rings. The van der Waals surface area contributed by atoms with E-state index in [1.165, 1.54) is 10.9 Å². The predicted molar refractivity (Wildman–Crippen MR) is 84.4 cm³/mol. The summed E-state index contributed by atoms with van der Waals surface area (Å²) in [5.41, 5.74) is -1.51. The average Bonchev–Trinajstić information content (AvgIpc) is 3.19. The molecule has 2 rings (SSSR count). The molecular formula is C15H22ClN3O4. The van der Waals surface area contributed by atoms with Crippen molar-refractivity contribution in [1.29, 1.82) is 0 Å². The van der Waals surface area contributed by atoms with Crippen LogP contribution >= 0.6 is 11.6 Å². The van der Waals surface area contributed by atoms with E-state index in [4.69, 9.17) is 16.3 Å². The van der Waals surface area contributed by atoms with Crippen LogP contribution in [-0.4, -0.2) is 38.1 Å². The first kappa shape index (κ1) is 17.6. The minimum Gasteiger partial charge on any atom is -0.479 e. The van der Waals surface area contributed by atoms with Crippen LogP contribution in [0.5, 0.6) is 0 Å². The Kier molecular flexibility index (Phi) is 4.61. The number of amides is 1. The number of carboxylic acid groups (broad SMARTS) is 1. The zero-order valence-electron chi connectivity index (χ0n) is 13.7. The highest BCUT2D eigenvalue weighted by Crippen LogP contribution is 2.41. The number of rotatable bonds is 5. The summed E-state index contributed by atoms with van der Waals surface area (Å²) in [4.78, 5) is 24.1. The first-order valence-electron chi connectivity index (χ1n) is 7.47. The minimum absolute atomic E-state index is 0.00476. The lowest BCUT2D eigenvalue weighted by molar-refractivity contribution is -0.146. The molecule has 1 fully saturated rings. The maximum Gasteiger partial charge on any atom is 0.408 e. The zero-order valence-corrected chi connectivity index (χ0v) is 14.5. The molecule has 1 unspecified atom stereocenters. The molecule has 1 aromatic rings. The van der Waals surface area contributed by atoms with Gasteiger partial charge < -0.3 is 15.2 Å². The van der Waals surface area contributed by atoms with Crippen molar-refractivity contribution in [2.45, 2.75) is 58.2 Å². The van der Waals surface area contributed by atoms with Crippen LogP contribution in [0, 0.1) is 12.8 Å². The number of aromatic nitrogens is 2. The van der Waals surface area contributed by atoms with Gasteiger partial charge in [-0.1, -0.05) is 11.6 Å². The number of ether oxygens (including phenoxy) is 1. The number of nitrogens with one attached hydrogen (secondary N) is 1. The SMILES string of the molecule is Cc1c(Cl)cnn1CC(NC(=O)OC(C)(C)C)(C(=O)O)C1CC1. The van der Waals surface area contributed by atoms with Gasteiger partial charge in [0.05, 0.1) is 23.5 Å². The summed E-state index contributed by atoms with van der Waals surface area (Å²) in [7, 11) is 0. The lowest BCUT2D eigenvalue weighted by Crippen LogP contribution is -2.60. The third-order valence-corrected chi connectivity index (χ3v) is 4.19. The summed E-state index contributed by atoms with van der Waals surface area (Å²) in [6.45, 7) is 6.93. The molecule has 8 heteroatoms. The van der Waals surface area contributed by atoms with Crippen molar-refractivity contribution in [3.63, 3.8) is 0 Å². The van der Waals surface area contributed by atoms with Gasteiger partial charge in [-0.3, -0.25) is 4.68 Å². The van der Waals surface area contributed by atoms with E-state index >= 15 is 0 Å². The maximum atomic E-state index is 12.1. The molecule has 2 N–H and O–H groups in total. The monoisotopic (exact) mass is 343 g/mol. The van der Waals surface area contributed by atoms with Gasteiger partial charge in [-0.05, 0) is 46.5 Å². The van der Waals surface area contributed by atoms with Crippen LogP contribution in [0.2, 0.25) is 5.02 Å². The summed E-state index contributed by atoms with van der Waals surface area (Å²) in [5, 5.41) is 16.9. The Morgan fingerprint density at radius 1 is 1.48 bits per heavy atom. The molecular weight excluding hydrogens is 322 g/mol. The Morgan fingerprint density at radius 2 is 2.09 bits per heavy atom. The first-order chi connectivity index (χ1) is 10.5. The van der Waals surface area contributed by atoms with E-state index in [1.54, 1.807) is 27.7 Å². The summed E-state index contributed by atoms with van der Waals surface area (Å²) >= 11 is 5.98.